The monoisotopic (exact) mass is 505 g/mol. The number of rotatable bonds is 10. The van der Waals surface area contributed by atoms with E-state index in [0.717, 1.165) is 24.7 Å². The van der Waals surface area contributed by atoms with Gasteiger partial charge in [-0.2, -0.15) is 15.1 Å². The van der Waals surface area contributed by atoms with E-state index in [9.17, 15) is 4.39 Å². The summed E-state index contributed by atoms with van der Waals surface area (Å²) in [5.41, 5.74) is 1.52. The summed E-state index contributed by atoms with van der Waals surface area (Å²) in [5, 5.41) is 13.5. The van der Waals surface area contributed by atoms with Crippen LogP contribution < -0.4 is 15.4 Å². The van der Waals surface area contributed by atoms with Gasteiger partial charge in [-0.05, 0) is 32.4 Å². The Morgan fingerprint density at radius 3 is 2.78 bits per heavy atom. The van der Waals surface area contributed by atoms with Crippen molar-refractivity contribution in [2.24, 2.45) is 0 Å². The summed E-state index contributed by atoms with van der Waals surface area (Å²) in [5.74, 6) is -0.338. The normalized spacial score (nSPS) is 11.5. The third-order valence-electron chi connectivity index (χ3n) is 5.47. The Morgan fingerprint density at radius 2 is 1.97 bits per heavy atom. The molecular formula is C25H25F2N9O. The smallest absolute Gasteiger partial charge is 0.326 e. The number of fused-ring (bicyclic) bond motifs is 1. The number of anilines is 3. The summed E-state index contributed by atoms with van der Waals surface area (Å²) in [6, 6.07) is 5.83. The third-order valence-corrected chi connectivity index (χ3v) is 5.47. The van der Waals surface area contributed by atoms with Crippen LogP contribution in [-0.2, 0) is 6.54 Å². The zero-order valence-electron chi connectivity index (χ0n) is 20.2. The number of hydrogen-bond acceptors (Lipinski definition) is 7. The molecule has 5 aromatic rings. The van der Waals surface area contributed by atoms with E-state index in [-0.39, 0.29) is 22.7 Å². The standard InChI is InChI=1S/C25H25F2N9O/c1-3-5-16-11-22(35-34-16)31-21-13-20(29-6-4-8-36-9-7-28-14-36)32-25(33-21)37-19-12-18(26)24-17(23(19)27)10-15(2)30-24/h3,5,7,9-14,30H,4,6,8H2,1-2H3,(H3,29,31,32,33,34,35)/b5-3+. The van der Waals surface area contributed by atoms with Gasteiger partial charge in [0.05, 0.1) is 17.5 Å². The molecule has 0 unspecified atom stereocenters. The predicted octanol–water partition coefficient (Wildman–Crippen LogP) is 5.54. The molecule has 190 valence electrons. The molecular weight excluding hydrogens is 480 g/mol. The van der Waals surface area contributed by atoms with Gasteiger partial charge in [0, 0.05) is 54.8 Å². The molecule has 5 rings (SSSR count). The van der Waals surface area contributed by atoms with Crippen molar-refractivity contribution < 1.29 is 13.5 Å². The van der Waals surface area contributed by atoms with E-state index in [1.54, 1.807) is 31.6 Å². The first-order chi connectivity index (χ1) is 18.0. The second-order valence-electron chi connectivity index (χ2n) is 8.35. The van der Waals surface area contributed by atoms with Crippen LogP contribution in [0.1, 0.15) is 24.7 Å². The molecule has 10 nitrogen and oxygen atoms in total. The van der Waals surface area contributed by atoms with Gasteiger partial charge in [-0.15, -0.1) is 0 Å². The number of hydrogen-bond donors (Lipinski definition) is 4. The summed E-state index contributed by atoms with van der Waals surface area (Å²) in [6.45, 7) is 4.99. The Hall–Kier alpha value is -4.74. The minimum Gasteiger partial charge on any atom is -0.421 e. The maximum atomic E-state index is 15.1. The highest BCUT2D eigenvalue weighted by Gasteiger charge is 2.18. The highest BCUT2D eigenvalue weighted by Crippen LogP contribution is 2.32. The van der Waals surface area contributed by atoms with E-state index < -0.39 is 11.6 Å². The first-order valence-electron chi connectivity index (χ1n) is 11.7. The molecule has 4 aromatic heterocycles. The number of allylic oxidation sites excluding steroid dienone is 1. The Morgan fingerprint density at radius 1 is 1.11 bits per heavy atom. The molecule has 0 bridgehead atoms. The Kier molecular flexibility index (Phi) is 6.79. The van der Waals surface area contributed by atoms with Crippen molar-refractivity contribution in [3.63, 3.8) is 0 Å². The number of aromatic nitrogens is 7. The number of ether oxygens (including phenoxy) is 1. The first-order valence-corrected chi connectivity index (χ1v) is 11.7. The van der Waals surface area contributed by atoms with Crippen molar-refractivity contribution in [2.45, 2.75) is 26.8 Å². The molecule has 0 amide bonds. The summed E-state index contributed by atoms with van der Waals surface area (Å²) >= 11 is 0. The molecule has 0 aliphatic heterocycles. The van der Waals surface area contributed by atoms with Crippen molar-refractivity contribution in [3.8, 4) is 11.8 Å². The molecule has 12 heteroatoms. The summed E-state index contributed by atoms with van der Waals surface area (Å²) in [7, 11) is 0. The van der Waals surface area contributed by atoms with E-state index in [2.05, 4.69) is 40.8 Å². The molecule has 0 spiro atoms. The van der Waals surface area contributed by atoms with Crippen molar-refractivity contribution >= 4 is 34.4 Å². The molecule has 4 N–H and O–H groups in total. The van der Waals surface area contributed by atoms with Gasteiger partial charge >= 0.3 is 6.01 Å². The second-order valence-corrected chi connectivity index (χ2v) is 8.35. The average Bonchev–Trinajstić information content (AvgIpc) is 3.62. The van der Waals surface area contributed by atoms with Crippen LogP contribution in [-0.4, -0.2) is 41.2 Å². The van der Waals surface area contributed by atoms with Gasteiger partial charge in [-0.3, -0.25) is 5.10 Å². The molecule has 4 heterocycles. The maximum Gasteiger partial charge on any atom is 0.326 e. The van der Waals surface area contributed by atoms with E-state index in [1.165, 1.54) is 6.07 Å². The predicted molar refractivity (Wildman–Crippen MR) is 137 cm³/mol. The molecule has 0 atom stereocenters. The molecule has 0 radical (unpaired) electrons. The lowest BCUT2D eigenvalue weighted by Crippen LogP contribution is -2.09. The van der Waals surface area contributed by atoms with Crippen LogP contribution in [0.25, 0.3) is 17.0 Å². The van der Waals surface area contributed by atoms with Crippen LogP contribution in [0.4, 0.5) is 26.2 Å². The van der Waals surface area contributed by atoms with Crippen molar-refractivity contribution in [1.82, 2.24) is 34.7 Å². The average molecular weight is 506 g/mol. The van der Waals surface area contributed by atoms with Crippen LogP contribution in [0.3, 0.4) is 0 Å². The Bertz CT molecular complexity index is 1540. The van der Waals surface area contributed by atoms with Crippen LogP contribution in [0.5, 0.6) is 11.8 Å². The zero-order chi connectivity index (χ0) is 25.8. The number of H-pyrrole nitrogens is 2. The van der Waals surface area contributed by atoms with Crippen molar-refractivity contribution in [3.05, 3.63) is 72.1 Å². The van der Waals surface area contributed by atoms with Gasteiger partial charge in [0.25, 0.3) is 0 Å². The van der Waals surface area contributed by atoms with Gasteiger partial charge in [-0.25, -0.2) is 13.8 Å². The Labute approximate surface area is 210 Å². The zero-order valence-corrected chi connectivity index (χ0v) is 20.2. The van der Waals surface area contributed by atoms with Gasteiger partial charge < -0.3 is 24.9 Å². The summed E-state index contributed by atoms with van der Waals surface area (Å²) in [6.07, 6.45) is 9.92. The molecule has 0 aliphatic rings. The van der Waals surface area contributed by atoms with Gasteiger partial charge in [0.15, 0.2) is 23.2 Å². The first kappa shape index (κ1) is 24.0. The third kappa shape index (κ3) is 5.58. The largest absolute Gasteiger partial charge is 0.421 e. The number of nitrogens with one attached hydrogen (secondary N) is 4. The lowest BCUT2D eigenvalue weighted by atomic mass is 10.2. The minimum atomic E-state index is -0.708. The molecule has 0 saturated carbocycles. The van der Waals surface area contributed by atoms with E-state index in [4.69, 9.17) is 4.74 Å². The molecule has 0 fully saturated rings. The quantitative estimate of drug-likeness (QED) is 0.184. The van der Waals surface area contributed by atoms with E-state index in [0.29, 0.717) is 29.7 Å². The highest BCUT2D eigenvalue weighted by atomic mass is 19.1. The SMILES string of the molecule is C/C=C/c1cc(Nc2cc(NCCCn3ccnc3)nc(Oc3cc(F)c4[nH]c(C)cc4c3F)n2)n[nH]1. The molecule has 0 saturated heterocycles. The summed E-state index contributed by atoms with van der Waals surface area (Å²) in [4.78, 5) is 15.5. The van der Waals surface area contributed by atoms with Gasteiger partial charge in [0.2, 0.25) is 0 Å². The molecule has 1 aromatic carbocycles. The topological polar surface area (TPSA) is 121 Å². The number of aryl methyl sites for hydroxylation is 2. The minimum absolute atomic E-state index is 0.0781. The number of nitrogens with zero attached hydrogens (tertiary/aromatic N) is 5. The lowest BCUT2D eigenvalue weighted by molar-refractivity contribution is 0.411. The van der Waals surface area contributed by atoms with Crippen LogP contribution in [0.15, 0.2) is 49.1 Å². The fourth-order valence-electron chi connectivity index (χ4n) is 3.83. The van der Waals surface area contributed by atoms with Crippen LogP contribution in [0, 0.1) is 18.6 Å². The fraction of sp³-hybridized carbons (Fsp3) is 0.200. The van der Waals surface area contributed by atoms with Gasteiger partial charge in [-0.1, -0.05) is 6.08 Å². The van der Waals surface area contributed by atoms with Crippen LogP contribution in [0.2, 0.25) is 0 Å². The number of benzene rings is 1. The fourth-order valence-corrected chi connectivity index (χ4v) is 3.83. The molecule has 37 heavy (non-hydrogen) atoms. The lowest BCUT2D eigenvalue weighted by Gasteiger charge is -2.12. The summed E-state index contributed by atoms with van der Waals surface area (Å²) < 4.78 is 37.4. The number of halogens is 2. The second kappa shape index (κ2) is 10.5. The van der Waals surface area contributed by atoms with Crippen molar-refractivity contribution in [2.75, 3.05) is 17.2 Å². The van der Waals surface area contributed by atoms with Gasteiger partial charge in [0.1, 0.15) is 11.6 Å². The molecule has 0 aliphatic carbocycles. The maximum absolute atomic E-state index is 15.1. The highest BCUT2D eigenvalue weighted by molar-refractivity contribution is 5.83. The Balaban J connectivity index is 1.40. The number of imidazole rings is 1. The van der Waals surface area contributed by atoms with Crippen LogP contribution >= 0.6 is 0 Å². The van der Waals surface area contributed by atoms with E-state index in [1.807, 2.05) is 29.8 Å². The number of aromatic amines is 2. The van der Waals surface area contributed by atoms with E-state index >= 15 is 4.39 Å². The van der Waals surface area contributed by atoms with Crippen molar-refractivity contribution in [1.29, 1.82) is 0 Å².